The quantitative estimate of drug-likeness (QED) is 0.518. The molecule has 2 aromatic carbocycles. The van der Waals surface area contributed by atoms with Crippen molar-refractivity contribution in [2.45, 2.75) is 0 Å². The van der Waals surface area contributed by atoms with Crippen molar-refractivity contribution in [2.75, 3.05) is 0 Å². The first kappa shape index (κ1) is 10.3. The van der Waals surface area contributed by atoms with Crippen LogP contribution in [-0.4, -0.2) is 19.6 Å². The number of rotatable bonds is 1. The monoisotopic (exact) mass is 247 g/mol. The summed E-state index contributed by atoms with van der Waals surface area (Å²) in [6.45, 7) is 0. The predicted molar refractivity (Wildman–Crippen MR) is 74.2 cm³/mol. The molecule has 2 aromatic heterocycles. The van der Waals surface area contributed by atoms with Crippen molar-refractivity contribution in [1.29, 1.82) is 0 Å². The van der Waals surface area contributed by atoms with Gasteiger partial charge in [0.2, 0.25) is 0 Å². The molecule has 0 bridgehead atoms. The molecular formula is C15H11N4. The molecule has 0 aliphatic rings. The molecular weight excluding hydrogens is 236 g/mol. The van der Waals surface area contributed by atoms with Gasteiger partial charge in [-0.15, -0.1) is 0 Å². The van der Waals surface area contributed by atoms with Crippen LogP contribution in [0.15, 0.2) is 48.8 Å². The Balaban J connectivity index is 2.01. The van der Waals surface area contributed by atoms with E-state index >= 15 is 0 Å². The van der Waals surface area contributed by atoms with Crippen LogP contribution in [0, 0.1) is 6.07 Å². The molecule has 0 N–H and O–H groups in total. The van der Waals surface area contributed by atoms with Gasteiger partial charge >= 0.3 is 0 Å². The summed E-state index contributed by atoms with van der Waals surface area (Å²) < 4.78 is 3.80. The van der Waals surface area contributed by atoms with Crippen molar-refractivity contribution in [3.05, 3.63) is 54.9 Å². The van der Waals surface area contributed by atoms with E-state index in [4.69, 9.17) is 0 Å². The van der Waals surface area contributed by atoms with Gasteiger partial charge < -0.3 is 0 Å². The Morgan fingerprint density at radius 2 is 1.84 bits per heavy atom. The number of hydrogen-bond acceptors (Lipinski definition) is 2. The maximum absolute atomic E-state index is 4.45. The van der Waals surface area contributed by atoms with Crippen molar-refractivity contribution in [1.82, 2.24) is 19.6 Å². The van der Waals surface area contributed by atoms with E-state index in [0.29, 0.717) is 0 Å². The molecule has 4 heteroatoms. The van der Waals surface area contributed by atoms with Gasteiger partial charge in [-0.1, -0.05) is 12.1 Å². The third kappa shape index (κ3) is 1.46. The van der Waals surface area contributed by atoms with Gasteiger partial charge in [0.1, 0.15) is 0 Å². The third-order valence-electron chi connectivity index (χ3n) is 3.39. The maximum atomic E-state index is 4.45. The largest absolute Gasteiger partial charge is 0.268 e. The van der Waals surface area contributed by atoms with E-state index in [1.807, 2.05) is 47.0 Å². The van der Waals surface area contributed by atoms with Crippen LogP contribution in [0.25, 0.3) is 27.5 Å². The van der Waals surface area contributed by atoms with E-state index in [1.54, 1.807) is 0 Å². The van der Waals surface area contributed by atoms with Crippen LogP contribution in [-0.2, 0) is 7.05 Å². The summed E-state index contributed by atoms with van der Waals surface area (Å²) in [6.07, 6.45) is 3.74. The van der Waals surface area contributed by atoms with Gasteiger partial charge in [0.05, 0.1) is 29.1 Å². The Hall–Kier alpha value is -2.62. The zero-order valence-corrected chi connectivity index (χ0v) is 10.4. The Morgan fingerprint density at radius 1 is 1.00 bits per heavy atom. The molecule has 0 saturated heterocycles. The molecule has 0 unspecified atom stereocenters. The van der Waals surface area contributed by atoms with E-state index in [9.17, 15) is 0 Å². The van der Waals surface area contributed by atoms with Crippen molar-refractivity contribution >= 4 is 21.8 Å². The molecule has 4 rings (SSSR count). The smallest absolute Gasteiger partial charge is 0.0747 e. The third-order valence-corrected chi connectivity index (χ3v) is 3.39. The molecule has 91 valence electrons. The SMILES string of the molecule is Cn1ncc2ccc(-n3ncc4cc[c]cc43)cc21. The van der Waals surface area contributed by atoms with Crippen LogP contribution in [0.2, 0.25) is 0 Å². The lowest BCUT2D eigenvalue weighted by Crippen LogP contribution is -1.97. The Labute approximate surface area is 109 Å². The van der Waals surface area contributed by atoms with Gasteiger partial charge in [-0.05, 0) is 30.3 Å². The van der Waals surface area contributed by atoms with E-state index in [0.717, 1.165) is 27.5 Å². The average Bonchev–Trinajstić information content (AvgIpc) is 3.03. The highest BCUT2D eigenvalue weighted by molar-refractivity contribution is 5.83. The minimum absolute atomic E-state index is 1.03. The van der Waals surface area contributed by atoms with Gasteiger partial charge in [-0.2, -0.15) is 10.2 Å². The van der Waals surface area contributed by atoms with Crippen LogP contribution in [0.1, 0.15) is 0 Å². The topological polar surface area (TPSA) is 35.6 Å². The maximum Gasteiger partial charge on any atom is 0.0747 e. The summed E-state index contributed by atoms with van der Waals surface area (Å²) in [7, 11) is 1.95. The molecule has 0 aliphatic heterocycles. The van der Waals surface area contributed by atoms with E-state index in [-0.39, 0.29) is 0 Å². The van der Waals surface area contributed by atoms with Crippen molar-refractivity contribution in [3.63, 3.8) is 0 Å². The van der Waals surface area contributed by atoms with Crippen molar-refractivity contribution < 1.29 is 0 Å². The van der Waals surface area contributed by atoms with Gasteiger partial charge in [-0.25, -0.2) is 4.68 Å². The molecule has 0 aliphatic carbocycles. The van der Waals surface area contributed by atoms with E-state index in [2.05, 4.69) is 34.5 Å². The Kier molecular flexibility index (Phi) is 2.00. The van der Waals surface area contributed by atoms with Crippen LogP contribution in [0.4, 0.5) is 0 Å². The van der Waals surface area contributed by atoms with Gasteiger partial charge in [-0.3, -0.25) is 4.68 Å². The molecule has 0 fully saturated rings. The minimum atomic E-state index is 1.03. The predicted octanol–water partition coefficient (Wildman–Crippen LogP) is 2.71. The summed E-state index contributed by atoms with van der Waals surface area (Å²) in [5.41, 5.74) is 3.19. The summed E-state index contributed by atoms with van der Waals surface area (Å²) in [5.74, 6) is 0. The molecule has 4 nitrogen and oxygen atoms in total. The number of nitrogens with zero attached hydrogens (tertiary/aromatic N) is 4. The molecule has 0 amide bonds. The lowest BCUT2D eigenvalue weighted by Gasteiger charge is -2.04. The standard InChI is InChI=1S/C15H11N4/c1-18-15-8-13(7-6-12(15)9-16-18)19-14-5-3-2-4-11(14)10-17-19/h2,4-10H,1H3. The fourth-order valence-electron chi connectivity index (χ4n) is 2.38. The lowest BCUT2D eigenvalue weighted by atomic mass is 10.2. The second kappa shape index (κ2) is 3.68. The molecule has 2 heterocycles. The number of aryl methyl sites for hydroxylation is 1. The Morgan fingerprint density at radius 3 is 2.79 bits per heavy atom. The highest BCUT2D eigenvalue weighted by Gasteiger charge is 2.06. The van der Waals surface area contributed by atoms with E-state index < -0.39 is 0 Å². The molecule has 0 saturated carbocycles. The van der Waals surface area contributed by atoms with Gasteiger partial charge in [0, 0.05) is 17.8 Å². The second-order valence-electron chi connectivity index (χ2n) is 4.55. The first-order valence-corrected chi connectivity index (χ1v) is 6.09. The van der Waals surface area contributed by atoms with Crippen molar-refractivity contribution in [2.24, 2.45) is 7.05 Å². The Bertz CT molecular complexity index is 885. The van der Waals surface area contributed by atoms with Crippen molar-refractivity contribution in [3.8, 4) is 5.69 Å². The van der Waals surface area contributed by atoms with Gasteiger partial charge in [0.25, 0.3) is 0 Å². The highest BCUT2D eigenvalue weighted by Crippen LogP contribution is 2.21. The molecule has 0 spiro atoms. The minimum Gasteiger partial charge on any atom is -0.268 e. The normalized spacial score (nSPS) is 11.4. The lowest BCUT2D eigenvalue weighted by molar-refractivity contribution is 0.796. The van der Waals surface area contributed by atoms with E-state index in [1.165, 1.54) is 0 Å². The summed E-state index contributed by atoms with van der Waals surface area (Å²) in [4.78, 5) is 0. The molecule has 1 radical (unpaired) electrons. The first-order chi connectivity index (χ1) is 9.33. The zero-order chi connectivity index (χ0) is 12.8. The zero-order valence-electron chi connectivity index (χ0n) is 10.4. The van der Waals surface area contributed by atoms with Gasteiger partial charge in [0.15, 0.2) is 0 Å². The number of aromatic nitrogens is 4. The molecule has 19 heavy (non-hydrogen) atoms. The molecule has 4 aromatic rings. The number of hydrogen-bond donors (Lipinski definition) is 0. The number of fused-ring (bicyclic) bond motifs is 2. The molecule has 0 atom stereocenters. The van der Waals surface area contributed by atoms with Crippen LogP contribution >= 0.6 is 0 Å². The first-order valence-electron chi connectivity index (χ1n) is 6.09. The highest BCUT2D eigenvalue weighted by atomic mass is 15.3. The fourth-order valence-corrected chi connectivity index (χ4v) is 2.38. The second-order valence-corrected chi connectivity index (χ2v) is 4.55. The summed E-state index contributed by atoms with van der Waals surface area (Å²) in [5, 5.41) is 11.0. The fraction of sp³-hybridized carbons (Fsp3) is 0.0667. The van der Waals surface area contributed by atoms with Crippen LogP contribution in [0.3, 0.4) is 0 Å². The van der Waals surface area contributed by atoms with Crippen LogP contribution < -0.4 is 0 Å². The summed E-state index contributed by atoms with van der Waals surface area (Å²) in [6, 6.07) is 15.2. The average molecular weight is 247 g/mol. The number of benzene rings is 2. The summed E-state index contributed by atoms with van der Waals surface area (Å²) >= 11 is 0. The van der Waals surface area contributed by atoms with Crippen LogP contribution in [0.5, 0.6) is 0 Å².